The molecule has 1 aliphatic heterocycles. The first-order chi connectivity index (χ1) is 22.1. The molecule has 4 aromatic heterocycles. The Bertz CT molecular complexity index is 2050. The van der Waals surface area contributed by atoms with E-state index in [2.05, 4.69) is 30.5 Å². The van der Waals surface area contributed by atoms with Gasteiger partial charge in [-0.1, -0.05) is 53.6 Å². The summed E-state index contributed by atoms with van der Waals surface area (Å²) < 4.78 is 22.6. The number of aliphatic imine (C=N–C) groups is 1. The third kappa shape index (κ3) is 5.16. The van der Waals surface area contributed by atoms with Gasteiger partial charge in [0, 0.05) is 59.4 Å². The van der Waals surface area contributed by atoms with E-state index < -0.39 is 12.0 Å². The highest BCUT2D eigenvalue weighted by atomic mass is 19.1. The van der Waals surface area contributed by atoms with Gasteiger partial charge in [-0.2, -0.15) is 5.10 Å². The number of anilines is 1. The van der Waals surface area contributed by atoms with Crippen molar-refractivity contribution in [3.63, 3.8) is 0 Å². The molecule has 45 heavy (non-hydrogen) atoms. The Morgan fingerprint density at radius 3 is 2.47 bits per heavy atom. The van der Waals surface area contributed by atoms with Crippen LogP contribution in [0.3, 0.4) is 0 Å². The second-order valence-electron chi connectivity index (χ2n) is 10.8. The van der Waals surface area contributed by atoms with Gasteiger partial charge >= 0.3 is 6.01 Å². The van der Waals surface area contributed by atoms with Gasteiger partial charge < -0.3 is 9.73 Å². The lowest BCUT2D eigenvalue weighted by molar-refractivity contribution is -0.119. The highest BCUT2D eigenvalue weighted by Gasteiger charge is 2.30. The van der Waals surface area contributed by atoms with Crippen LogP contribution in [0.4, 0.5) is 10.4 Å². The zero-order valence-electron chi connectivity index (χ0n) is 23.7. The first kappa shape index (κ1) is 26.7. The monoisotopic (exact) mass is 597 g/mol. The molecule has 0 radical (unpaired) electrons. The van der Waals surface area contributed by atoms with Crippen molar-refractivity contribution in [2.75, 3.05) is 5.32 Å². The van der Waals surface area contributed by atoms with Crippen molar-refractivity contribution in [3.8, 4) is 28.5 Å². The average molecular weight is 598 g/mol. The number of hydrogen-bond acceptors (Lipinski definition) is 10. The minimum Gasteiger partial charge on any atom is -0.403 e. The summed E-state index contributed by atoms with van der Waals surface area (Å²) in [6.07, 6.45) is 7.84. The van der Waals surface area contributed by atoms with E-state index in [1.807, 2.05) is 48.5 Å². The molecule has 2 aromatic carbocycles. The number of carbonyl (C=O) groups excluding carboxylic acids is 1. The predicted octanol–water partition coefficient (Wildman–Crippen LogP) is 5.19. The van der Waals surface area contributed by atoms with Gasteiger partial charge in [-0.05, 0) is 31.0 Å². The van der Waals surface area contributed by atoms with Crippen LogP contribution in [-0.4, -0.2) is 52.6 Å². The quantitative estimate of drug-likeness (QED) is 0.264. The molecule has 2 aliphatic rings. The third-order valence-corrected chi connectivity index (χ3v) is 7.74. The van der Waals surface area contributed by atoms with Crippen LogP contribution in [0, 0.1) is 5.82 Å². The molecule has 12 heteroatoms. The zero-order chi connectivity index (χ0) is 30.3. The number of hydrogen-bond donors (Lipinski definition) is 1. The minimum atomic E-state index is -1.10. The lowest BCUT2D eigenvalue weighted by atomic mass is 9.95. The number of nitrogens with one attached hydrogen (secondary N) is 1. The van der Waals surface area contributed by atoms with Crippen molar-refractivity contribution >= 4 is 17.5 Å². The SMILES string of the molecule is O=C1Cc2c(F)cccc2C(c2ccccc2)=N[C@@H]1Nc1nnc(-c2cn(-c3ccccn3)nc2-c2cnc(C3CC3)nc2)o1. The van der Waals surface area contributed by atoms with Crippen LogP contribution in [0.25, 0.3) is 28.5 Å². The van der Waals surface area contributed by atoms with E-state index in [9.17, 15) is 9.18 Å². The van der Waals surface area contributed by atoms with E-state index in [0.29, 0.717) is 45.4 Å². The molecule has 1 saturated carbocycles. The summed E-state index contributed by atoms with van der Waals surface area (Å²) in [4.78, 5) is 31.7. The van der Waals surface area contributed by atoms with Crippen molar-refractivity contribution in [2.24, 2.45) is 4.99 Å². The first-order valence-electron chi connectivity index (χ1n) is 14.5. The molecule has 11 nitrogen and oxygen atoms in total. The predicted molar refractivity (Wildman–Crippen MR) is 162 cm³/mol. The molecule has 1 N–H and O–H groups in total. The summed E-state index contributed by atoms with van der Waals surface area (Å²) in [5.74, 6) is 1.18. The van der Waals surface area contributed by atoms with Crippen LogP contribution in [-0.2, 0) is 11.2 Å². The fourth-order valence-electron chi connectivity index (χ4n) is 5.31. The number of nitrogens with zero attached hydrogens (tertiary/aromatic N) is 8. The van der Waals surface area contributed by atoms with E-state index in [1.54, 1.807) is 41.6 Å². The second kappa shape index (κ2) is 11.0. The van der Waals surface area contributed by atoms with Gasteiger partial charge in [0.15, 0.2) is 17.8 Å². The van der Waals surface area contributed by atoms with Crippen LogP contribution in [0.5, 0.6) is 0 Å². The zero-order valence-corrected chi connectivity index (χ0v) is 23.7. The lowest BCUT2D eigenvalue weighted by Gasteiger charge is -2.11. The molecule has 1 fully saturated rings. The molecule has 220 valence electrons. The Morgan fingerprint density at radius 1 is 0.867 bits per heavy atom. The molecule has 5 heterocycles. The van der Waals surface area contributed by atoms with Gasteiger partial charge in [-0.3, -0.25) is 9.79 Å². The number of aromatic nitrogens is 7. The highest BCUT2D eigenvalue weighted by Crippen LogP contribution is 2.38. The normalized spacial score (nSPS) is 16.2. The molecular formula is C33H24FN9O2. The Labute approximate surface area is 256 Å². The number of ketones is 1. The molecule has 8 rings (SSSR count). The van der Waals surface area contributed by atoms with Gasteiger partial charge in [-0.25, -0.2) is 24.0 Å². The van der Waals surface area contributed by atoms with E-state index in [-0.39, 0.29) is 24.1 Å². The maximum Gasteiger partial charge on any atom is 0.317 e. The van der Waals surface area contributed by atoms with Crippen LogP contribution in [0.15, 0.2) is 101 Å². The van der Waals surface area contributed by atoms with Gasteiger partial charge in [-0.15, -0.1) is 5.10 Å². The van der Waals surface area contributed by atoms with Crippen LogP contribution in [0.2, 0.25) is 0 Å². The van der Waals surface area contributed by atoms with E-state index in [0.717, 1.165) is 24.2 Å². The van der Waals surface area contributed by atoms with Crippen LogP contribution < -0.4 is 5.32 Å². The number of benzene rings is 2. The Kier molecular flexibility index (Phi) is 6.51. The summed E-state index contributed by atoms with van der Waals surface area (Å²) in [6, 6.07) is 19.6. The van der Waals surface area contributed by atoms with Crippen molar-refractivity contribution in [1.29, 1.82) is 0 Å². The van der Waals surface area contributed by atoms with Crippen molar-refractivity contribution in [1.82, 2.24) is 34.9 Å². The summed E-state index contributed by atoms with van der Waals surface area (Å²) in [5, 5.41) is 16.2. The van der Waals surface area contributed by atoms with Crippen LogP contribution >= 0.6 is 0 Å². The molecule has 0 saturated heterocycles. The topological polar surface area (TPSA) is 137 Å². The minimum absolute atomic E-state index is 0.0252. The molecule has 0 unspecified atom stereocenters. The van der Waals surface area contributed by atoms with Gasteiger partial charge in [0.05, 0.1) is 11.3 Å². The Balaban J connectivity index is 1.15. The van der Waals surface area contributed by atoms with E-state index in [1.165, 1.54) is 6.07 Å². The third-order valence-electron chi connectivity index (χ3n) is 7.74. The van der Waals surface area contributed by atoms with Crippen molar-refractivity contribution < 1.29 is 13.6 Å². The smallest absolute Gasteiger partial charge is 0.317 e. The molecule has 0 amide bonds. The molecule has 1 atom stereocenters. The number of carbonyl (C=O) groups is 1. The number of Topliss-reactive ketones (excluding diaryl/α,β-unsaturated/α-hetero) is 1. The molecule has 0 spiro atoms. The molecule has 0 bridgehead atoms. The number of pyridine rings is 1. The summed E-state index contributed by atoms with van der Waals surface area (Å²) >= 11 is 0. The van der Waals surface area contributed by atoms with Crippen LogP contribution in [0.1, 0.15) is 41.3 Å². The van der Waals surface area contributed by atoms with Crippen molar-refractivity contribution in [3.05, 3.63) is 120 Å². The van der Waals surface area contributed by atoms with Gasteiger partial charge in [0.1, 0.15) is 17.3 Å². The van der Waals surface area contributed by atoms with Crippen molar-refractivity contribution in [2.45, 2.75) is 31.3 Å². The Morgan fingerprint density at radius 2 is 1.69 bits per heavy atom. The largest absolute Gasteiger partial charge is 0.403 e. The van der Waals surface area contributed by atoms with E-state index >= 15 is 0 Å². The number of fused-ring (bicyclic) bond motifs is 1. The molecule has 6 aromatic rings. The maximum absolute atomic E-state index is 14.9. The number of rotatable bonds is 7. The number of halogens is 1. The van der Waals surface area contributed by atoms with Gasteiger partial charge in [0.2, 0.25) is 0 Å². The standard InChI is InChI=1S/C33H24FN9O2/c34-25-10-6-9-22-23(25)15-26(44)31(38-28(22)19-7-2-1-3-8-19)39-33-41-40-32(45-33)24-18-43(27-11-4-5-14-35-27)42-29(24)21-16-36-30(37-17-21)20-12-13-20/h1-11,14,16-18,20,31H,12-13,15H2,(H,39,41)/t31-/m1/s1. The molecule has 1 aliphatic carbocycles. The maximum atomic E-state index is 14.9. The molecular weight excluding hydrogens is 573 g/mol. The summed E-state index contributed by atoms with van der Waals surface area (Å²) in [6.45, 7) is 0. The fraction of sp³-hybridized carbons (Fsp3) is 0.152. The summed E-state index contributed by atoms with van der Waals surface area (Å²) in [5.41, 5.74) is 3.82. The first-order valence-corrected chi connectivity index (χ1v) is 14.5. The second-order valence-corrected chi connectivity index (χ2v) is 10.8. The lowest BCUT2D eigenvalue weighted by Crippen LogP contribution is -2.29. The van der Waals surface area contributed by atoms with Gasteiger partial charge in [0.25, 0.3) is 5.89 Å². The average Bonchev–Trinajstić information content (AvgIpc) is 3.70. The van der Waals surface area contributed by atoms with E-state index in [4.69, 9.17) is 14.5 Å². The summed E-state index contributed by atoms with van der Waals surface area (Å²) in [7, 11) is 0. The Hall–Kier alpha value is -5.91. The fourth-order valence-corrected chi connectivity index (χ4v) is 5.31. The highest BCUT2D eigenvalue weighted by molar-refractivity contribution is 6.16.